The third-order valence-electron chi connectivity index (χ3n) is 5.52. The molecule has 0 amide bonds. The van der Waals surface area contributed by atoms with E-state index in [1.165, 1.54) is 4.31 Å². The van der Waals surface area contributed by atoms with Crippen molar-refractivity contribution in [2.45, 2.75) is 42.4 Å². The summed E-state index contributed by atoms with van der Waals surface area (Å²) in [6, 6.07) is 20.2. The van der Waals surface area contributed by atoms with E-state index < -0.39 is 20.0 Å². The van der Waals surface area contributed by atoms with Crippen molar-refractivity contribution in [1.29, 1.82) is 0 Å². The van der Waals surface area contributed by atoms with Crippen LogP contribution in [0.3, 0.4) is 0 Å². The Kier molecular flexibility index (Phi) is 6.26. The Balaban J connectivity index is 1.65. The van der Waals surface area contributed by atoms with Crippen LogP contribution >= 0.6 is 0 Å². The first-order valence-corrected chi connectivity index (χ1v) is 13.6. The first-order chi connectivity index (χ1) is 15.3. The molecule has 0 aromatic heterocycles. The molecule has 0 spiro atoms. The van der Waals surface area contributed by atoms with Crippen molar-refractivity contribution in [2.75, 3.05) is 15.6 Å². The second-order valence-electron chi connectivity index (χ2n) is 7.84. The van der Waals surface area contributed by atoms with Gasteiger partial charge in [0.25, 0.3) is 20.0 Å². The van der Waals surface area contributed by atoms with Gasteiger partial charge in [-0.3, -0.25) is 9.03 Å². The van der Waals surface area contributed by atoms with Gasteiger partial charge in [0.15, 0.2) is 0 Å². The van der Waals surface area contributed by atoms with E-state index >= 15 is 0 Å². The van der Waals surface area contributed by atoms with Gasteiger partial charge in [0.2, 0.25) is 0 Å². The maximum absolute atomic E-state index is 13.2. The van der Waals surface area contributed by atoms with Crippen LogP contribution in [0, 0.1) is 0 Å². The summed E-state index contributed by atoms with van der Waals surface area (Å²) in [4.78, 5) is 0.384. The average molecular weight is 471 g/mol. The minimum Gasteiger partial charge on any atom is -0.280 e. The summed E-state index contributed by atoms with van der Waals surface area (Å²) >= 11 is 0. The largest absolute Gasteiger partial charge is 0.280 e. The molecule has 0 aliphatic carbocycles. The van der Waals surface area contributed by atoms with Crippen molar-refractivity contribution < 1.29 is 16.8 Å². The van der Waals surface area contributed by atoms with Crippen LogP contribution in [-0.2, 0) is 32.9 Å². The number of aryl methyl sites for hydroxylation is 2. The van der Waals surface area contributed by atoms with Crippen LogP contribution < -0.4 is 9.03 Å². The summed E-state index contributed by atoms with van der Waals surface area (Å²) in [5, 5.41) is 0. The zero-order valence-corrected chi connectivity index (χ0v) is 19.5. The Labute approximate surface area is 190 Å². The van der Waals surface area contributed by atoms with Gasteiger partial charge >= 0.3 is 0 Å². The highest BCUT2D eigenvalue weighted by molar-refractivity contribution is 7.93. The standard InChI is InChI=1S/C24H26N2O4S2/c1-2-7-19-11-15-22(16-12-19)31(27,28)25-21-14-13-20-8-6-17-26(24(20)18-21)32(29,30)23-9-4-3-5-10-23/h3-5,9-16,18,25H,2,6-8,17H2,1H3. The smallest absolute Gasteiger partial charge is 0.264 e. The normalized spacial score (nSPS) is 14.1. The molecule has 1 N–H and O–H groups in total. The van der Waals surface area contributed by atoms with Crippen molar-refractivity contribution in [2.24, 2.45) is 0 Å². The summed E-state index contributed by atoms with van der Waals surface area (Å²) in [6.07, 6.45) is 3.32. The van der Waals surface area contributed by atoms with Crippen LogP contribution in [-0.4, -0.2) is 23.4 Å². The van der Waals surface area contributed by atoms with Gasteiger partial charge in [0.1, 0.15) is 0 Å². The van der Waals surface area contributed by atoms with Gasteiger partial charge in [-0.1, -0.05) is 49.7 Å². The lowest BCUT2D eigenvalue weighted by Crippen LogP contribution is -2.35. The molecule has 8 heteroatoms. The van der Waals surface area contributed by atoms with Gasteiger partial charge in [0, 0.05) is 6.54 Å². The number of nitrogens with zero attached hydrogens (tertiary/aromatic N) is 1. The van der Waals surface area contributed by atoms with E-state index in [9.17, 15) is 16.8 Å². The highest BCUT2D eigenvalue weighted by Crippen LogP contribution is 2.34. The number of benzene rings is 3. The third kappa shape index (κ3) is 4.52. The Hall–Kier alpha value is -2.84. The predicted octanol–water partition coefficient (Wildman–Crippen LogP) is 4.58. The average Bonchev–Trinajstić information content (AvgIpc) is 2.79. The van der Waals surface area contributed by atoms with Crippen molar-refractivity contribution >= 4 is 31.4 Å². The van der Waals surface area contributed by atoms with Crippen molar-refractivity contribution in [3.05, 3.63) is 83.9 Å². The van der Waals surface area contributed by atoms with Crippen molar-refractivity contribution in [3.63, 3.8) is 0 Å². The van der Waals surface area contributed by atoms with Gasteiger partial charge in [-0.15, -0.1) is 0 Å². The predicted molar refractivity (Wildman–Crippen MR) is 127 cm³/mol. The highest BCUT2D eigenvalue weighted by Gasteiger charge is 2.29. The molecule has 1 heterocycles. The topological polar surface area (TPSA) is 83.6 Å². The molecule has 0 atom stereocenters. The number of rotatable bonds is 7. The van der Waals surface area contributed by atoms with Gasteiger partial charge in [-0.05, 0) is 66.8 Å². The quantitative estimate of drug-likeness (QED) is 0.548. The van der Waals surface area contributed by atoms with Gasteiger partial charge in [-0.2, -0.15) is 0 Å². The maximum atomic E-state index is 13.2. The number of hydrogen-bond acceptors (Lipinski definition) is 4. The van der Waals surface area contributed by atoms with Crippen LogP contribution in [0.5, 0.6) is 0 Å². The molecule has 168 valence electrons. The second kappa shape index (κ2) is 8.96. The molecular weight excluding hydrogens is 444 g/mol. The SMILES string of the molecule is CCCc1ccc(S(=O)(=O)Nc2ccc3c(c2)N(S(=O)(=O)c2ccccc2)CCC3)cc1. The molecule has 1 aliphatic heterocycles. The molecule has 0 saturated carbocycles. The zero-order chi connectivity index (χ0) is 22.8. The Morgan fingerprint density at radius 3 is 2.28 bits per heavy atom. The molecular formula is C24H26N2O4S2. The van der Waals surface area contributed by atoms with Crippen LogP contribution in [0.15, 0.2) is 82.6 Å². The van der Waals surface area contributed by atoms with E-state index in [1.54, 1.807) is 60.7 Å². The summed E-state index contributed by atoms with van der Waals surface area (Å²) in [5.41, 5.74) is 2.81. The number of fused-ring (bicyclic) bond motifs is 1. The summed E-state index contributed by atoms with van der Waals surface area (Å²) in [5.74, 6) is 0. The Morgan fingerprint density at radius 2 is 1.59 bits per heavy atom. The Bertz CT molecular complexity index is 1300. The maximum Gasteiger partial charge on any atom is 0.264 e. The van der Waals surface area contributed by atoms with Crippen LogP contribution in [0.25, 0.3) is 0 Å². The number of sulfonamides is 2. The van der Waals surface area contributed by atoms with E-state index in [2.05, 4.69) is 11.6 Å². The van der Waals surface area contributed by atoms with Crippen LogP contribution in [0.2, 0.25) is 0 Å². The van der Waals surface area contributed by atoms with Crippen molar-refractivity contribution in [3.8, 4) is 0 Å². The number of anilines is 2. The summed E-state index contributed by atoms with van der Waals surface area (Å²) < 4.78 is 56.2. The number of hydrogen-bond donors (Lipinski definition) is 1. The molecule has 0 bridgehead atoms. The first kappa shape index (κ1) is 22.4. The van der Waals surface area contributed by atoms with Crippen LogP contribution in [0.1, 0.15) is 30.9 Å². The summed E-state index contributed by atoms with van der Waals surface area (Å²) in [7, 11) is -7.54. The third-order valence-corrected chi connectivity index (χ3v) is 8.74. The Morgan fingerprint density at radius 1 is 0.875 bits per heavy atom. The second-order valence-corrected chi connectivity index (χ2v) is 11.4. The molecule has 0 saturated heterocycles. The fourth-order valence-electron chi connectivity index (χ4n) is 3.91. The first-order valence-electron chi connectivity index (χ1n) is 10.6. The summed E-state index contributed by atoms with van der Waals surface area (Å²) in [6.45, 7) is 2.42. The van der Waals surface area contributed by atoms with E-state index in [-0.39, 0.29) is 9.79 Å². The van der Waals surface area contributed by atoms with E-state index in [4.69, 9.17) is 0 Å². The van der Waals surface area contributed by atoms with Crippen LogP contribution in [0.4, 0.5) is 11.4 Å². The molecule has 0 radical (unpaired) electrons. The molecule has 32 heavy (non-hydrogen) atoms. The fraction of sp³-hybridized carbons (Fsp3) is 0.250. The minimum atomic E-state index is -3.79. The number of nitrogens with one attached hydrogen (secondary N) is 1. The molecule has 0 fully saturated rings. The molecule has 0 unspecified atom stereocenters. The molecule has 3 aromatic carbocycles. The molecule has 1 aliphatic rings. The highest BCUT2D eigenvalue weighted by atomic mass is 32.2. The van der Waals surface area contributed by atoms with E-state index in [0.717, 1.165) is 30.4 Å². The lowest BCUT2D eigenvalue weighted by molar-refractivity contribution is 0.586. The lowest BCUT2D eigenvalue weighted by atomic mass is 10.0. The van der Waals surface area contributed by atoms with E-state index in [0.29, 0.717) is 24.3 Å². The fourth-order valence-corrected chi connectivity index (χ4v) is 6.52. The monoisotopic (exact) mass is 470 g/mol. The van der Waals surface area contributed by atoms with Gasteiger partial charge < -0.3 is 0 Å². The van der Waals surface area contributed by atoms with Gasteiger partial charge in [0.05, 0.1) is 21.2 Å². The molecule has 6 nitrogen and oxygen atoms in total. The lowest BCUT2D eigenvalue weighted by Gasteiger charge is -2.31. The minimum absolute atomic E-state index is 0.170. The van der Waals surface area contributed by atoms with E-state index in [1.807, 2.05) is 12.1 Å². The van der Waals surface area contributed by atoms with Gasteiger partial charge in [-0.25, -0.2) is 16.8 Å². The zero-order valence-electron chi connectivity index (χ0n) is 17.9. The molecule has 3 aromatic rings. The molecule has 4 rings (SSSR count). The van der Waals surface area contributed by atoms with Crippen molar-refractivity contribution in [1.82, 2.24) is 0 Å².